The molecule has 9 heavy (non-hydrogen) atoms. The zero-order chi connectivity index (χ0) is 7.07. The average Bonchev–Trinajstić information content (AvgIpc) is 2.47. The minimum absolute atomic E-state index is 0.0138. The lowest BCUT2D eigenvalue weighted by Gasteiger charge is -2.21. The first kappa shape index (κ1) is 7.07. The molecule has 0 saturated heterocycles. The summed E-state index contributed by atoms with van der Waals surface area (Å²) in [6.07, 6.45) is 2.22. The van der Waals surface area contributed by atoms with E-state index in [1.807, 2.05) is 0 Å². The number of hydrogen-bond acceptors (Lipinski definition) is 1. The molecule has 1 heteroatoms. The van der Waals surface area contributed by atoms with Crippen molar-refractivity contribution < 1.29 is 5.11 Å². The van der Waals surface area contributed by atoms with Gasteiger partial charge in [0.2, 0.25) is 0 Å². The number of aliphatic hydroxyl groups excluding tert-OH is 1. The van der Waals surface area contributed by atoms with Crippen LogP contribution in [0.2, 0.25) is 0 Å². The zero-order valence-corrected chi connectivity index (χ0v) is 6.52. The van der Waals surface area contributed by atoms with Crippen LogP contribution in [-0.4, -0.2) is 11.2 Å². The third-order valence-electron chi connectivity index (χ3n) is 2.67. The minimum Gasteiger partial charge on any atom is -0.393 e. The van der Waals surface area contributed by atoms with Gasteiger partial charge < -0.3 is 5.11 Å². The van der Waals surface area contributed by atoms with Crippen molar-refractivity contribution in [2.45, 2.75) is 39.7 Å². The topological polar surface area (TPSA) is 20.2 Å². The second-order valence-corrected chi connectivity index (χ2v) is 3.75. The molecule has 54 valence electrons. The maximum absolute atomic E-state index is 9.09. The van der Waals surface area contributed by atoms with Crippen LogP contribution in [0.25, 0.3) is 0 Å². The van der Waals surface area contributed by atoms with E-state index in [0.29, 0.717) is 11.3 Å². The second-order valence-electron chi connectivity index (χ2n) is 3.75. The van der Waals surface area contributed by atoms with Gasteiger partial charge in [0.15, 0.2) is 0 Å². The fraction of sp³-hybridized carbons (Fsp3) is 1.00. The van der Waals surface area contributed by atoms with Crippen LogP contribution in [0.3, 0.4) is 0 Å². The minimum atomic E-state index is 0.0138. The van der Waals surface area contributed by atoms with E-state index >= 15 is 0 Å². The normalized spacial score (nSPS) is 34.7. The van der Waals surface area contributed by atoms with Crippen molar-refractivity contribution >= 4 is 0 Å². The molecule has 0 aromatic carbocycles. The van der Waals surface area contributed by atoms with Crippen molar-refractivity contribution in [1.82, 2.24) is 0 Å². The van der Waals surface area contributed by atoms with Gasteiger partial charge in [0.1, 0.15) is 0 Å². The lowest BCUT2D eigenvalue weighted by Crippen LogP contribution is -2.14. The van der Waals surface area contributed by atoms with Crippen molar-refractivity contribution in [3.8, 4) is 0 Å². The summed E-state index contributed by atoms with van der Waals surface area (Å²) in [5.41, 5.74) is 0.374. The highest BCUT2D eigenvalue weighted by molar-refractivity contribution is 4.95. The van der Waals surface area contributed by atoms with Gasteiger partial charge in [-0.1, -0.05) is 27.2 Å². The van der Waals surface area contributed by atoms with Gasteiger partial charge in [0.25, 0.3) is 0 Å². The number of hydrogen-bond donors (Lipinski definition) is 1. The smallest absolute Gasteiger partial charge is 0.0578 e. The molecule has 1 nitrogen and oxygen atoms in total. The van der Waals surface area contributed by atoms with E-state index in [4.69, 9.17) is 5.11 Å². The number of rotatable bonds is 2. The van der Waals surface area contributed by atoms with Crippen LogP contribution >= 0.6 is 0 Å². The molecule has 0 amide bonds. The monoisotopic (exact) mass is 128 g/mol. The molecule has 0 aromatic heterocycles. The maximum Gasteiger partial charge on any atom is 0.0578 e. The van der Waals surface area contributed by atoms with Crippen molar-refractivity contribution in [2.24, 2.45) is 11.3 Å². The van der Waals surface area contributed by atoms with Gasteiger partial charge in [-0.2, -0.15) is 0 Å². The average molecular weight is 128 g/mol. The SMILES string of the molecule is CCC(C)(C)[C@H]1C[C@@H]1O. The van der Waals surface area contributed by atoms with Crippen LogP contribution in [0, 0.1) is 11.3 Å². The van der Waals surface area contributed by atoms with Gasteiger partial charge in [-0.3, -0.25) is 0 Å². The van der Waals surface area contributed by atoms with Crippen LogP contribution < -0.4 is 0 Å². The molecule has 0 spiro atoms. The Hall–Kier alpha value is -0.0400. The van der Waals surface area contributed by atoms with Crippen LogP contribution in [0.15, 0.2) is 0 Å². The van der Waals surface area contributed by atoms with Crippen molar-refractivity contribution in [1.29, 1.82) is 0 Å². The maximum atomic E-state index is 9.09. The zero-order valence-electron chi connectivity index (χ0n) is 6.52. The van der Waals surface area contributed by atoms with Crippen LogP contribution in [0.5, 0.6) is 0 Å². The third kappa shape index (κ3) is 1.26. The summed E-state index contributed by atoms with van der Waals surface area (Å²) in [5, 5.41) is 9.09. The predicted octanol–water partition coefficient (Wildman–Crippen LogP) is 1.80. The standard InChI is InChI=1S/C8H16O/c1-4-8(2,3)6-5-7(6)9/h6-7,9H,4-5H2,1-3H3/t6-,7-/m0/s1. The first-order valence-electron chi connectivity index (χ1n) is 3.76. The van der Waals surface area contributed by atoms with Crippen molar-refractivity contribution in [3.05, 3.63) is 0 Å². The Morgan fingerprint density at radius 3 is 2.11 bits per heavy atom. The summed E-state index contributed by atoms with van der Waals surface area (Å²) in [6, 6.07) is 0. The van der Waals surface area contributed by atoms with E-state index in [1.165, 1.54) is 6.42 Å². The highest BCUT2D eigenvalue weighted by atomic mass is 16.3. The van der Waals surface area contributed by atoms with Crippen molar-refractivity contribution in [3.63, 3.8) is 0 Å². The van der Waals surface area contributed by atoms with Gasteiger partial charge in [-0.15, -0.1) is 0 Å². The van der Waals surface area contributed by atoms with E-state index in [1.54, 1.807) is 0 Å². The van der Waals surface area contributed by atoms with Crippen LogP contribution in [-0.2, 0) is 0 Å². The summed E-state index contributed by atoms with van der Waals surface area (Å²) >= 11 is 0. The van der Waals surface area contributed by atoms with E-state index in [0.717, 1.165) is 6.42 Å². The predicted molar refractivity (Wildman–Crippen MR) is 38.2 cm³/mol. The molecular formula is C8H16O. The molecule has 0 bridgehead atoms. The second kappa shape index (κ2) is 1.98. The molecule has 1 rings (SSSR count). The molecule has 0 aliphatic heterocycles. The number of aliphatic hydroxyl groups is 1. The van der Waals surface area contributed by atoms with Crippen LogP contribution in [0.1, 0.15) is 33.6 Å². The Morgan fingerprint density at radius 2 is 2.00 bits per heavy atom. The first-order valence-corrected chi connectivity index (χ1v) is 3.76. The van der Waals surface area contributed by atoms with E-state index < -0.39 is 0 Å². The fourth-order valence-electron chi connectivity index (χ4n) is 1.28. The molecule has 1 fully saturated rings. The quantitative estimate of drug-likeness (QED) is 0.601. The highest BCUT2D eigenvalue weighted by Crippen LogP contribution is 2.47. The lowest BCUT2D eigenvalue weighted by molar-refractivity contribution is 0.194. The molecule has 1 saturated carbocycles. The molecule has 1 aliphatic rings. The molecule has 0 heterocycles. The Kier molecular flexibility index (Phi) is 1.55. The largest absolute Gasteiger partial charge is 0.393 e. The molecule has 0 unspecified atom stereocenters. The first-order chi connectivity index (χ1) is 4.08. The lowest BCUT2D eigenvalue weighted by atomic mass is 9.84. The summed E-state index contributed by atoms with van der Waals surface area (Å²) in [4.78, 5) is 0. The van der Waals surface area contributed by atoms with Gasteiger partial charge in [-0.25, -0.2) is 0 Å². The van der Waals surface area contributed by atoms with Gasteiger partial charge in [-0.05, 0) is 17.8 Å². The summed E-state index contributed by atoms with van der Waals surface area (Å²) in [7, 11) is 0. The van der Waals surface area contributed by atoms with Crippen LogP contribution in [0.4, 0.5) is 0 Å². The molecule has 1 N–H and O–H groups in total. The summed E-state index contributed by atoms with van der Waals surface area (Å²) in [5.74, 6) is 0.586. The fourth-order valence-corrected chi connectivity index (χ4v) is 1.28. The van der Waals surface area contributed by atoms with Gasteiger partial charge in [0, 0.05) is 0 Å². The Labute approximate surface area is 57.1 Å². The van der Waals surface area contributed by atoms with Gasteiger partial charge in [0.05, 0.1) is 6.10 Å². The van der Waals surface area contributed by atoms with Gasteiger partial charge >= 0.3 is 0 Å². The van der Waals surface area contributed by atoms with E-state index in [2.05, 4.69) is 20.8 Å². The third-order valence-corrected chi connectivity index (χ3v) is 2.67. The van der Waals surface area contributed by atoms with Crippen molar-refractivity contribution in [2.75, 3.05) is 0 Å². The summed E-state index contributed by atoms with van der Waals surface area (Å²) < 4.78 is 0. The Balaban J connectivity index is 2.41. The Morgan fingerprint density at radius 1 is 1.56 bits per heavy atom. The molecule has 2 atom stereocenters. The molecular weight excluding hydrogens is 112 g/mol. The molecule has 0 radical (unpaired) electrons. The van der Waals surface area contributed by atoms with E-state index in [-0.39, 0.29) is 6.10 Å². The Bertz CT molecular complexity index is 107. The summed E-state index contributed by atoms with van der Waals surface area (Å²) in [6.45, 7) is 6.65. The van der Waals surface area contributed by atoms with E-state index in [9.17, 15) is 0 Å². The molecule has 1 aliphatic carbocycles. The highest BCUT2D eigenvalue weighted by Gasteiger charge is 2.45. The molecule has 0 aromatic rings.